The van der Waals surface area contributed by atoms with Crippen LogP contribution in [-0.2, 0) is 30.6 Å². The van der Waals surface area contributed by atoms with Gasteiger partial charge in [-0.15, -0.1) is 0 Å². The molecule has 0 heterocycles. The molecule has 1 saturated carbocycles. The molecule has 4 heteroatoms. The summed E-state index contributed by atoms with van der Waals surface area (Å²) in [7, 11) is 4.04. The molecule has 0 saturated heterocycles. The molecule has 0 aromatic heterocycles. The number of hydrogen-bond donors (Lipinski definition) is 2. The number of aryl methyl sites for hydroxylation is 2. The maximum Gasteiger partial charge on any atom is 0.226 e. The van der Waals surface area contributed by atoms with Gasteiger partial charge in [0.25, 0.3) is 0 Å². The fourth-order valence-corrected chi connectivity index (χ4v) is 5.99. The smallest absolute Gasteiger partial charge is 0.226 e. The Morgan fingerprint density at radius 3 is 2.55 bits per heavy atom. The van der Waals surface area contributed by atoms with Crippen molar-refractivity contribution >= 4 is 5.91 Å². The van der Waals surface area contributed by atoms with Gasteiger partial charge >= 0.3 is 0 Å². The Bertz CT molecular complexity index is 933. The molecule has 178 valence electrons. The van der Waals surface area contributed by atoms with E-state index in [1.165, 1.54) is 27.8 Å². The molecule has 2 aliphatic rings. The van der Waals surface area contributed by atoms with Crippen LogP contribution in [0.1, 0.15) is 72.3 Å². The second kappa shape index (κ2) is 11.3. The van der Waals surface area contributed by atoms with E-state index in [0.29, 0.717) is 17.9 Å². The van der Waals surface area contributed by atoms with Crippen LogP contribution in [0.4, 0.5) is 0 Å². The van der Waals surface area contributed by atoms with Gasteiger partial charge in [-0.05, 0) is 98.6 Å². The Morgan fingerprint density at radius 2 is 1.82 bits per heavy atom. The number of amides is 1. The molecule has 0 radical (unpaired) electrons. The second-order valence-electron chi connectivity index (χ2n) is 10.1. The third-order valence-electron chi connectivity index (χ3n) is 7.93. The zero-order valence-electron chi connectivity index (χ0n) is 20.4. The molecule has 0 bridgehead atoms. The third-order valence-corrected chi connectivity index (χ3v) is 7.93. The van der Waals surface area contributed by atoms with Crippen molar-refractivity contribution in [2.45, 2.75) is 76.3 Å². The zero-order chi connectivity index (χ0) is 23.2. The van der Waals surface area contributed by atoms with E-state index in [9.17, 15) is 4.79 Å². The predicted molar refractivity (Wildman–Crippen MR) is 134 cm³/mol. The van der Waals surface area contributed by atoms with Crippen LogP contribution < -0.4 is 5.32 Å². The number of aliphatic hydroxyl groups is 1. The average Bonchev–Trinajstić information content (AvgIpc) is 2.87. The highest BCUT2D eigenvalue weighted by Crippen LogP contribution is 2.37. The van der Waals surface area contributed by atoms with Crippen molar-refractivity contribution in [2.24, 2.45) is 5.92 Å². The van der Waals surface area contributed by atoms with E-state index >= 15 is 0 Å². The maximum atomic E-state index is 13.3. The van der Waals surface area contributed by atoms with Gasteiger partial charge in [-0.1, -0.05) is 42.5 Å². The summed E-state index contributed by atoms with van der Waals surface area (Å²) in [4.78, 5) is 15.4. The Hall–Kier alpha value is -2.17. The molecule has 1 amide bonds. The van der Waals surface area contributed by atoms with Crippen molar-refractivity contribution in [1.29, 1.82) is 0 Å². The number of fused-ring (bicyclic) bond motifs is 1. The van der Waals surface area contributed by atoms with Crippen LogP contribution in [0.2, 0.25) is 0 Å². The van der Waals surface area contributed by atoms with Gasteiger partial charge in [-0.25, -0.2) is 0 Å². The van der Waals surface area contributed by atoms with E-state index in [-0.39, 0.29) is 12.5 Å². The first-order chi connectivity index (χ1) is 16.1. The number of rotatable bonds is 8. The van der Waals surface area contributed by atoms with Crippen LogP contribution >= 0.6 is 0 Å². The number of carbonyl (C=O) groups excluding carboxylic acids is 1. The predicted octanol–water partition coefficient (Wildman–Crippen LogP) is 4.62. The van der Waals surface area contributed by atoms with E-state index < -0.39 is 0 Å². The number of nitrogens with zero attached hydrogens (tertiary/aromatic N) is 1. The Labute approximate surface area is 199 Å². The molecule has 4 rings (SSSR count). The number of aliphatic hydroxyl groups excluding tert-OH is 1. The summed E-state index contributed by atoms with van der Waals surface area (Å²) in [5.41, 5.74) is 6.95. The normalized spacial score (nSPS) is 22.6. The van der Waals surface area contributed by atoms with Gasteiger partial charge in [0.15, 0.2) is 0 Å². The average molecular weight is 449 g/mol. The molecule has 1 unspecified atom stereocenters. The van der Waals surface area contributed by atoms with E-state index in [4.69, 9.17) is 5.11 Å². The molecule has 4 nitrogen and oxygen atoms in total. The lowest BCUT2D eigenvalue weighted by Gasteiger charge is -2.38. The summed E-state index contributed by atoms with van der Waals surface area (Å²) in [5.74, 6) is 1.05. The first-order valence-corrected chi connectivity index (χ1v) is 12.8. The van der Waals surface area contributed by atoms with Crippen molar-refractivity contribution in [3.05, 3.63) is 70.3 Å². The quantitative estimate of drug-likeness (QED) is 0.620. The lowest BCUT2D eigenvalue weighted by molar-refractivity contribution is -0.137. The number of carbonyl (C=O) groups is 1. The van der Waals surface area contributed by atoms with Crippen molar-refractivity contribution in [1.82, 2.24) is 10.2 Å². The molecule has 2 aromatic rings. The summed E-state index contributed by atoms with van der Waals surface area (Å²) >= 11 is 0. The van der Waals surface area contributed by atoms with Crippen molar-refractivity contribution in [2.75, 3.05) is 20.7 Å². The van der Waals surface area contributed by atoms with Gasteiger partial charge in [0.05, 0.1) is 0 Å². The molecule has 2 aliphatic carbocycles. The lowest BCUT2D eigenvalue weighted by atomic mass is 9.78. The highest BCUT2D eigenvalue weighted by Gasteiger charge is 2.32. The summed E-state index contributed by atoms with van der Waals surface area (Å²) in [6, 6.07) is 15.9. The Morgan fingerprint density at radius 1 is 1.06 bits per heavy atom. The van der Waals surface area contributed by atoms with Gasteiger partial charge in [0.2, 0.25) is 5.91 Å². The fraction of sp³-hybridized carbons (Fsp3) is 0.552. The van der Waals surface area contributed by atoms with Gasteiger partial charge in [-0.2, -0.15) is 0 Å². The number of nitrogens with one attached hydrogen (secondary N) is 1. The van der Waals surface area contributed by atoms with Crippen LogP contribution in [0.3, 0.4) is 0 Å². The second-order valence-corrected chi connectivity index (χ2v) is 10.1. The van der Waals surface area contributed by atoms with Crippen LogP contribution in [0.25, 0.3) is 0 Å². The van der Waals surface area contributed by atoms with E-state index in [0.717, 1.165) is 64.3 Å². The Balaban J connectivity index is 1.36. The van der Waals surface area contributed by atoms with Crippen LogP contribution in [-0.4, -0.2) is 42.7 Å². The van der Waals surface area contributed by atoms with Gasteiger partial charge in [0.1, 0.15) is 0 Å². The highest BCUT2D eigenvalue weighted by molar-refractivity contribution is 5.79. The Kier molecular flexibility index (Phi) is 8.21. The van der Waals surface area contributed by atoms with Crippen LogP contribution in [0, 0.1) is 5.92 Å². The maximum absolute atomic E-state index is 13.3. The molecule has 1 fully saturated rings. The largest absolute Gasteiger partial charge is 0.396 e. The van der Waals surface area contributed by atoms with Crippen molar-refractivity contribution in [3.8, 4) is 0 Å². The summed E-state index contributed by atoms with van der Waals surface area (Å²) in [6.45, 7) is 1.12. The monoisotopic (exact) mass is 448 g/mol. The molecule has 1 atom stereocenters. The van der Waals surface area contributed by atoms with E-state index in [1.54, 1.807) is 0 Å². The summed E-state index contributed by atoms with van der Waals surface area (Å²) in [5, 5.41) is 12.5. The minimum atomic E-state index is 0.135. The van der Waals surface area contributed by atoms with Crippen molar-refractivity contribution < 1.29 is 9.90 Å². The molecule has 33 heavy (non-hydrogen) atoms. The van der Waals surface area contributed by atoms with Gasteiger partial charge in [-0.3, -0.25) is 4.79 Å². The standard InChI is InChI=1S/C29H40N2O2/c1-30-20-26-18-21(6-5-17-32)9-16-28(26)23-12-14-27(15-13-23)31(2)29(33)25-11-10-22-7-3-4-8-24(22)19-25/h3-4,7-9,16,18,23,25,27,30,32H,5-6,10-15,17,19-20H2,1-2H3/t23-,25?,27-. The van der Waals surface area contributed by atoms with Crippen LogP contribution in [0.15, 0.2) is 42.5 Å². The number of hydrogen-bond acceptors (Lipinski definition) is 3. The van der Waals surface area contributed by atoms with E-state index in [2.05, 4.69) is 52.7 Å². The molecular formula is C29H40N2O2. The third kappa shape index (κ3) is 5.67. The molecular weight excluding hydrogens is 408 g/mol. The van der Waals surface area contributed by atoms with Gasteiger partial charge in [0, 0.05) is 32.2 Å². The molecule has 0 aliphatic heterocycles. The van der Waals surface area contributed by atoms with Crippen LogP contribution in [0.5, 0.6) is 0 Å². The van der Waals surface area contributed by atoms with Crippen molar-refractivity contribution in [3.63, 3.8) is 0 Å². The topological polar surface area (TPSA) is 52.6 Å². The fourth-order valence-electron chi connectivity index (χ4n) is 5.99. The van der Waals surface area contributed by atoms with Gasteiger partial charge < -0.3 is 15.3 Å². The first-order valence-electron chi connectivity index (χ1n) is 12.8. The zero-order valence-corrected chi connectivity index (χ0v) is 20.4. The summed E-state index contributed by atoms with van der Waals surface area (Å²) in [6.07, 6.45) is 9.09. The molecule has 2 aromatic carbocycles. The lowest BCUT2D eigenvalue weighted by Crippen LogP contribution is -2.43. The highest BCUT2D eigenvalue weighted by atomic mass is 16.2. The minimum absolute atomic E-state index is 0.135. The molecule has 0 spiro atoms. The minimum Gasteiger partial charge on any atom is -0.396 e. The SMILES string of the molecule is CNCc1cc(CCCO)ccc1[C@H]1CC[C@H](N(C)C(=O)C2CCc3ccccc3C2)CC1. The number of benzene rings is 2. The first kappa shape index (κ1) is 24.0. The molecule has 2 N–H and O–H groups in total. The summed E-state index contributed by atoms with van der Waals surface area (Å²) < 4.78 is 0. The van der Waals surface area contributed by atoms with E-state index in [1.807, 2.05) is 14.1 Å².